The van der Waals surface area contributed by atoms with Gasteiger partial charge in [-0.15, -0.1) is 0 Å². The van der Waals surface area contributed by atoms with Crippen molar-refractivity contribution in [3.8, 4) is 11.1 Å². The van der Waals surface area contributed by atoms with Crippen molar-refractivity contribution < 1.29 is 23.9 Å². The molecule has 3 aromatic carbocycles. The van der Waals surface area contributed by atoms with Crippen molar-refractivity contribution in [1.29, 1.82) is 0 Å². The maximum Gasteiger partial charge on any atom is 0.407 e. The quantitative estimate of drug-likeness (QED) is 0.302. The van der Waals surface area contributed by atoms with Crippen LogP contribution < -0.4 is 10.6 Å². The Kier molecular flexibility index (Phi) is 8.28. The topological polar surface area (TPSA) is 93.7 Å². The Morgan fingerprint density at radius 2 is 1.42 bits per heavy atom. The van der Waals surface area contributed by atoms with E-state index in [1.807, 2.05) is 66.7 Å². The fraction of sp³-hybridized carbons (Fsp3) is 0.250. The number of hydrogen-bond donors (Lipinski definition) is 3. The van der Waals surface area contributed by atoms with Crippen LogP contribution in [0.25, 0.3) is 11.1 Å². The van der Waals surface area contributed by atoms with Crippen molar-refractivity contribution in [3.63, 3.8) is 0 Å². The average molecular weight is 505 g/mol. The monoisotopic (exact) mass is 504 g/mol. The number of hydrogen-bond acceptors (Lipinski definition) is 6. The second-order valence-corrected chi connectivity index (χ2v) is 8.89. The van der Waals surface area contributed by atoms with E-state index in [1.165, 1.54) is 6.92 Å². The van der Waals surface area contributed by atoms with Gasteiger partial charge < -0.3 is 20.1 Å². The van der Waals surface area contributed by atoms with E-state index < -0.39 is 30.1 Å². The third-order valence-electron chi connectivity index (χ3n) is 6.07. The summed E-state index contributed by atoms with van der Waals surface area (Å²) in [5, 5.41) is 5.10. The molecule has 2 atom stereocenters. The number of thiol groups is 1. The summed E-state index contributed by atoms with van der Waals surface area (Å²) in [4.78, 5) is 37.5. The van der Waals surface area contributed by atoms with E-state index in [9.17, 15) is 14.4 Å². The average Bonchev–Trinajstić information content (AvgIpc) is 3.23. The molecule has 8 heteroatoms. The van der Waals surface area contributed by atoms with Crippen molar-refractivity contribution in [2.45, 2.75) is 31.5 Å². The van der Waals surface area contributed by atoms with Gasteiger partial charge in [0.05, 0.1) is 0 Å². The highest BCUT2D eigenvalue weighted by atomic mass is 32.1. The van der Waals surface area contributed by atoms with Crippen molar-refractivity contribution >= 4 is 30.6 Å². The Bertz CT molecular complexity index is 1190. The van der Waals surface area contributed by atoms with Gasteiger partial charge >= 0.3 is 12.1 Å². The first kappa shape index (κ1) is 25.3. The minimum Gasteiger partial charge on any atom is -0.459 e. The summed E-state index contributed by atoms with van der Waals surface area (Å²) >= 11 is 4.18. The summed E-state index contributed by atoms with van der Waals surface area (Å²) in [5.74, 6) is -1.19. The number of carbonyl (C=O) groups is 3. The SMILES string of the molecule is C[C@@H](NC(=O)[C@H](CS)NC(=O)OCC1c2ccccc2-c2ccccc21)C(=O)OCc1ccccc1. The zero-order chi connectivity index (χ0) is 25.5. The molecule has 2 amide bonds. The Balaban J connectivity index is 1.28. The summed E-state index contributed by atoms with van der Waals surface area (Å²) in [6.07, 6.45) is -0.731. The molecule has 2 N–H and O–H groups in total. The molecule has 0 unspecified atom stereocenters. The molecule has 0 fully saturated rings. The minimum atomic E-state index is -0.978. The first-order valence-electron chi connectivity index (χ1n) is 11.7. The van der Waals surface area contributed by atoms with E-state index in [2.05, 4.69) is 35.4 Å². The zero-order valence-corrected chi connectivity index (χ0v) is 20.7. The Morgan fingerprint density at radius 3 is 2.03 bits per heavy atom. The predicted molar refractivity (Wildman–Crippen MR) is 140 cm³/mol. The number of alkyl carbamates (subject to hydrolysis) is 1. The lowest BCUT2D eigenvalue weighted by molar-refractivity contribution is -0.148. The van der Waals surface area contributed by atoms with Gasteiger partial charge in [-0.2, -0.15) is 12.6 Å². The second kappa shape index (κ2) is 11.8. The second-order valence-electron chi connectivity index (χ2n) is 8.53. The molecule has 0 bridgehead atoms. The smallest absolute Gasteiger partial charge is 0.407 e. The number of rotatable bonds is 9. The molecule has 0 radical (unpaired) electrons. The van der Waals surface area contributed by atoms with Crippen LogP contribution in [0.3, 0.4) is 0 Å². The van der Waals surface area contributed by atoms with Crippen LogP contribution in [0.1, 0.15) is 29.5 Å². The molecule has 186 valence electrons. The van der Waals surface area contributed by atoms with Crippen LogP contribution in [0.4, 0.5) is 4.79 Å². The number of nitrogens with one attached hydrogen (secondary N) is 2. The number of esters is 1. The molecule has 1 aliphatic carbocycles. The minimum absolute atomic E-state index is 0.0296. The van der Waals surface area contributed by atoms with Gasteiger partial charge in [-0.05, 0) is 34.7 Å². The molecule has 36 heavy (non-hydrogen) atoms. The molecule has 4 rings (SSSR count). The first-order chi connectivity index (χ1) is 17.5. The van der Waals surface area contributed by atoms with Crippen LogP contribution in [0, 0.1) is 0 Å². The van der Waals surface area contributed by atoms with E-state index in [1.54, 1.807) is 0 Å². The number of fused-ring (bicyclic) bond motifs is 3. The standard InChI is InChI=1S/C28H28N2O5S/c1-18(27(32)34-15-19-9-3-2-4-10-19)29-26(31)25(17-36)30-28(33)35-16-24-22-13-7-5-11-20(22)21-12-6-8-14-23(21)24/h2-14,18,24-25,36H,15-17H2,1H3,(H,29,31)(H,30,33)/t18-,25+/m1/s1. The van der Waals surface area contributed by atoms with Crippen LogP contribution in [-0.4, -0.2) is 42.4 Å². The number of carbonyl (C=O) groups excluding carboxylic acids is 3. The van der Waals surface area contributed by atoms with Gasteiger partial charge in [0, 0.05) is 11.7 Å². The summed E-state index contributed by atoms with van der Waals surface area (Å²) < 4.78 is 10.8. The molecule has 0 aliphatic heterocycles. The fourth-order valence-corrected chi connectivity index (χ4v) is 4.46. The Morgan fingerprint density at radius 1 is 0.833 bits per heavy atom. The first-order valence-corrected chi connectivity index (χ1v) is 12.3. The highest BCUT2D eigenvalue weighted by Gasteiger charge is 2.30. The van der Waals surface area contributed by atoms with Crippen LogP contribution in [0.5, 0.6) is 0 Å². The lowest BCUT2D eigenvalue weighted by Gasteiger charge is -2.20. The van der Waals surface area contributed by atoms with Gasteiger partial charge in [0.1, 0.15) is 25.3 Å². The maximum atomic E-state index is 12.6. The van der Waals surface area contributed by atoms with Crippen molar-refractivity contribution in [1.82, 2.24) is 10.6 Å². The summed E-state index contributed by atoms with van der Waals surface area (Å²) in [6, 6.07) is 23.4. The van der Waals surface area contributed by atoms with Gasteiger partial charge in [0.2, 0.25) is 5.91 Å². The van der Waals surface area contributed by atoms with E-state index in [0.29, 0.717) is 0 Å². The van der Waals surface area contributed by atoms with Crippen molar-refractivity contribution in [2.24, 2.45) is 0 Å². The molecular weight excluding hydrogens is 476 g/mol. The lowest BCUT2D eigenvalue weighted by Crippen LogP contribution is -2.52. The van der Waals surface area contributed by atoms with Gasteiger partial charge in [-0.25, -0.2) is 9.59 Å². The van der Waals surface area contributed by atoms with Crippen LogP contribution >= 0.6 is 12.6 Å². The Hall–Kier alpha value is -3.78. The van der Waals surface area contributed by atoms with Crippen LogP contribution in [0.2, 0.25) is 0 Å². The molecule has 0 saturated heterocycles. The summed E-state index contributed by atoms with van der Waals surface area (Å²) in [6.45, 7) is 1.75. The number of amides is 2. The van der Waals surface area contributed by atoms with Crippen molar-refractivity contribution in [3.05, 3.63) is 95.6 Å². The molecule has 0 saturated carbocycles. The molecule has 0 spiro atoms. The van der Waals surface area contributed by atoms with Gasteiger partial charge in [0.15, 0.2) is 0 Å². The van der Waals surface area contributed by atoms with Crippen molar-refractivity contribution in [2.75, 3.05) is 12.4 Å². The largest absolute Gasteiger partial charge is 0.459 e. The highest BCUT2D eigenvalue weighted by Crippen LogP contribution is 2.44. The molecule has 1 aliphatic rings. The number of benzene rings is 3. The van der Waals surface area contributed by atoms with E-state index in [4.69, 9.17) is 9.47 Å². The third kappa shape index (κ3) is 5.88. The zero-order valence-electron chi connectivity index (χ0n) is 19.8. The number of ether oxygens (including phenoxy) is 2. The van der Waals surface area contributed by atoms with E-state index in [0.717, 1.165) is 27.8 Å². The molecule has 3 aromatic rings. The molecule has 7 nitrogen and oxygen atoms in total. The van der Waals surface area contributed by atoms with Gasteiger partial charge in [-0.1, -0.05) is 78.9 Å². The summed E-state index contributed by atoms with van der Waals surface area (Å²) in [7, 11) is 0. The summed E-state index contributed by atoms with van der Waals surface area (Å²) in [5.41, 5.74) is 5.29. The molecular formula is C28H28N2O5S. The Labute approximate surface area is 215 Å². The van der Waals surface area contributed by atoms with Crippen LogP contribution in [0.15, 0.2) is 78.9 Å². The molecule has 0 heterocycles. The van der Waals surface area contributed by atoms with Gasteiger partial charge in [0.25, 0.3) is 0 Å². The third-order valence-corrected chi connectivity index (χ3v) is 6.44. The lowest BCUT2D eigenvalue weighted by atomic mass is 9.98. The van der Waals surface area contributed by atoms with E-state index in [-0.39, 0.29) is 24.9 Å². The van der Waals surface area contributed by atoms with Gasteiger partial charge in [-0.3, -0.25) is 4.79 Å². The molecule has 0 aromatic heterocycles. The fourth-order valence-electron chi connectivity index (χ4n) is 4.20. The highest BCUT2D eigenvalue weighted by molar-refractivity contribution is 7.80. The van der Waals surface area contributed by atoms with Crippen LogP contribution in [-0.2, 0) is 25.7 Å². The van der Waals surface area contributed by atoms with E-state index >= 15 is 0 Å². The maximum absolute atomic E-state index is 12.6. The normalized spacial score (nSPS) is 13.6. The predicted octanol–water partition coefficient (Wildman–Crippen LogP) is 4.07.